The van der Waals surface area contributed by atoms with Crippen molar-refractivity contribution in [1.29, 1.82) is 0 Å². The molecule has 2 aliphatic rings. The van der Waals surface area contributed by atoms with Gasteiger partial charge in [-0.25, -0.2) is 0 Å². The summed E-state index contributed by atoms with van der Waals surface area (Å²) in [5, 5.41) is 5.18. The van der Waals surface area contributed by atoms with Gasteiger partial charge in [-0.05, 0) is 117 Å². The Kier molecular flexibility index (Phi) is 8.97. The number of hydrogen-bond donors (Lipinski definition) is 0. The molecular weight excluding hydrogens is 761 g/mol. The van der Waals surface area contributed by atoms with Crippen molar-refractivity contribution >= 4 is 49.6 Å². The molecule has 2 heteroatoms. The first kappa shape index (κ1) is 37.6. The van der Waals surface area contributed by atoms with Crippen LogP contribution >= 0.6 is 0 Å². The van der Waals surface area contributed by atoms with Gasteiger partial charge in [-0.2, -0.15) is 0 Å². The quantitative estimate of drug-likeness (QED) is 0.156. The van der Waals surface area contributed by atoms with Gasteiger partial charge in [-0.3, -0.25) is 0 Å². The number of anilines is 3. The smallest absolute Gasteiger partial charge is 0.0782 e. The highest BCUT2D eigenvalue weighted by molar-refractivity contribution is 6.15. The molecule has 0 bridgehead atoms. The van der Waals surface area contributed by atoms with Crippen molar-refractivity contribution in [3.8, 4) is 39.1 Å². The maximum Gasteiger partial charge on any atom is 0.0782 e. The van der Waals surface area contributed by atoms with Crippen LogP contribution in [0.2, 0.25) is 0 Å². The molecule has 1 saturated carbocycles. The molecule has 63 heavy (non-hydrogen) atoms. The van der Waals surface area contributed by atoms with Gasteiger partial charge in [0.25, 0.3) is 0 Å². The molecule has 0 spiro atoms. The van der Waals surface area contributed by atoms with Crippen molar-refractivity contribution in [2.75, 3.05) is 4.90 Å². The second-order valence-corrected chi connectivity index (χ2v) is 18.2. The molecule has 0 unspecified atom stereocenters. The van der Waals surface area contributed by atoms with Crippen LogP contribution in [0.1, 0.15) is 68.6 Å². The van der Waals surface area contributed by atoms with E-state index in [1.807, 2.05) is 0 Å². The summed E-state index contributed by atoms with van der Waals surface area (Å²) in [6.45, 7) is 4.78. The molecule has 0 aliphatic heterocycles. The lowest BCUT2D eigenvalue weighted by molar-refractivity contribution is 0.445. The Balaban J connectivity index is 1.15. The van der Waals surface area contributed by atoms with Gasteiger partial charge >= 0.3 is 0 Å². The zero-order chi connectivity index (χ0) is 42.1. The lowest BCUT2D eigenvalue weighted by Crippen LogP contribution is -2.16. The normalized spacial score (nSPS) is 14.6. The number of aromatic nitrogens is 1. The molecule has 2 nitrogen and oxygen atoms in total. The number of nitrogens with zero attached hydrogens (tertiary/aromatic N) is 2. The SMILES string of the molecule is CC1(C)c2ccccc2-c2cccc(-c3cccc(N(c4ccccc4-c4cccc5cccc(C6CCCCC6)c45)c4cccc5c6ccccc6n(-c6ccccc6)c45)c3)c21. The minimum atomic E-state index is -0.141. The zero-order valence-corrected chi connectivity index (χ0v) is 36.1. The molecule has 1 fully saturated rings. The second kappa shape index (κ2) is 15.0. The Morgan fingerprint density at radius 2 is 1.13 bits per heavy atom. The molecular formula is C61H50N2. The molecule has 0 radical (unpaired) electrons. The third kappa shape index (κ3) is 5.99. The Morgan fingerprint density at radius 1 is 0.492 bits per heavy atom. The largest absolute Gasteiger partial charge is 0.308 e. The number of fused-ring (bicyclic) bond motifs is 7. The minimum absolute atomic E-state index is 0.141. The lowest BCUT2D eigenvalue weighted by atomic mass is 9.79. The first-order valence-electron chi connectivity index (χ1n) is 22.9. The van der Waals surface area contributed by atoms with Crippen molar-refractivity contribution in [3.63, 3.8) is 0 Å². The predicted octanol–water partition coefficient (Wildman–Crippen LogP) is 17.1. The van der Waals surface area contributed by atoms with Crippen LogP contribution in [0, 0.1) is 0 Å². The van der Waals surface area contributed by atoms with E-state index in [0.717, 1.165) is 22.7 Å². The van der Waals surface area contributed by atoms with E-state index in [1.54, 1.807) is 0 Å². The van der Waals surface area contributed by atoms with E-state index in [4.69, 9.17) is 0 Å². The summed E-state index contributed by atoms with van der Waals surface area (Å²) in [6.07, 6.45) is 6.46. The molecule has 0 saturated heterocycles. The molecule has 0 amide bonds. The van der Waals surface area contributed by atoms with E-state index in [1.165, 1.54) is 115 Å². The average Bonchev–Trinajstić information content (AvgIpc) is 3.81. The predicted molar refractivity (Wildman–Crippen MR) is 267 cm³/mol. The Labute approximate surface area is 370 Å². The molecule has 0 atom stereocenters. The van der Waals surface area contributed by atoms with Gasteiger partial charge in [0.15, 0.2) is 0 Å². The van der Waals surface area contributed by atoms with Crippen LogP contribution in [0.15, 0.2) is 200 Å². The van der Waals surface area contributed by atoms with Crippen LogP contribution in [-0.2, 0) is 5.41 Å². The van der Waals surface area contributed by atoms with Gasteiger partial charge in [-0.1, -0.05) is 191 Å². The summed E-state index contributed by atoms with van der Waals surface area (Å²) < 4.78 is 2.47. The summed E-state index contributed by atoms with van der Waals surface area (Å²) in [6, 6.07) is 74.9. The summed E-state index contributed by atoms with van der Waals surface area (Å²) in [4.78, 5) is 2.56. The van der Waals surface area contributed by atoms with Crippen LogP contribution in [-0.4, -0.2) is 4.57 Å². The molecule has 0 N–H and O–H groups in total. The van der Waals surface area contributed by atoms with Crippen molar-refractivity contribution < 1.29 is 0 Å². The van der Waals surface area contributed by atoms with E-state index < -0.39 is 0 Å². The van der Waals surface area contributed by atoms with Gasteiger partial charge in [0.2, 0.25) is 0 Å². The van der Waals surface area contributed by atoms with Crippen LogP contribution in [0.25, 0.3) is 71.6 Å². The van der Waals surface area contributed by atoms with Gasteiger partial charge in [-0.15, -0.1) is 0 Å². The van der Waals surface area contributed by atoms with Crippen LogP contribution in [0.3, 0.4) is 0 Å². The molecule has 1 heterocycles. The average molecular weight is 811 g/mol. The van der Waals surface area contributed by atoms with E-state index >= 15 is 0 Å². The Bertz CT molecular complexity index is 3360. The minimum Gasteiger partial charge on any atom is -0.308 e. The second-order valence-electron chi connectivity index (χ2n) is 18.2. The van der Waals surface area contributed by atoms with Crippen molar-refractivity contribution in [2.45, 2.75) is 57.3 Å². The third-order valence-corrected chi connectivity index (χ3v) is 14.3. The van der Waals surface area contributed by atoms with Crippen LogP contribution < -0.4 is 4.90 Å². The fraction of sp³-hybridized carbons (Fsp3) is 0.148. The zero-order valence-electron chi connectivity index (χ0n) is 36.1. The number of rotatable bonds is 7. The van der Waals surface area contributed by atoms with Gasteiger partial charge in [0.05, 0.1) is 22.4 Å². The first-order chi connectivity index (χ1) is 31.1. The maximum atomic E-state index is 2.56. The number of para-hydroxylation sites is 4. The maximum absolute atomic E-state index is 2.56. The van der Waals surface area contributed by atoms with E-state index in [9.17, 15) is 0 Å². The number of benzene rings is 9. The highest BCUT2D eigenvalue weighted by atomic mass is 15.2. The molecule has 2 aliphatic carbocycles. The van der Waals surface area contributed by atoms with E-state index in [2.05, 4.69) is 224 Å². The third-order valence-electron chi connectivity index (χ3n) is 14.3. The van der Waals surface area contributed by atoms with Gasteiger partial charge < -0.3 is 9.47 Å². The Morgan fingerprint density at radius 3 is 2.00 bits per heavy atom. The molecule has 1 aromatic heterocycles. The topological polar surface area (TPSA) is 8.17 Å². The lowest BCUT2D eigenvalue weighted by Gasteiger charge is -2.31. The number of hydrogen-bond acceptors (Lipinski definition) is 1. The van der Waals surface area contributed by atoms with Crippen LogP contribution in [0.5, 0.6) is 0 Å². The van der Waals surface area contributed by atoms with Crippen molar-refractivity contribution in [3.05, 3.63) is 217 Å². The monoisotopic (exact) mass is 810 g/mol. The molecule has 10 aromatic rings. The van der Waals surface area contributed by atoms with Gasteiger partial charge in [0, 0.05) is 33.1 Å². The van der Waals surface area contributed by atoms with Crippen molar-refractivity contribution in [2.24, 2.45) is 0 Å². The summed E-state index contributed by atoms with van der Waals surface area (Å²) in [5.41, 5.74) is 18.8. The molecule has 9 aromatic carbocycles. The van der Waals surface area contributed by atoms with Crippen LogP contribution in [0.4, 0.5) is 17.1 Å². The summed E-state index contributed by atoms with van der Waals surface area (Å²) >= 11 is 0. The fourth-order valence-corrected chi connectivity index (χ4v) is 11.6. The standard InChI is InChI=1S/C61H50N2/c1-61(2)54-36-12-9-28-48(54)52-34-18-32-47(59(52)61)43-24-15-27-45(40-43)62(57-39-19-35-53-50-30-11-14-38-56(50)63(60(53)57)44-25-7-4-8-26-44)55-37-13-10-29-49(55)51-33-17-23-42-22-16-31-46(58(42)51)41-20-5-3-6-21-41/h4,7-19,22-41H,3,5-6,20-21H2,1-2H3. The summed E-state index contributed by atoms with van der Waals surface area (Å²) in [7, 11) is 0. The highest BCUT2D eigenvalue weighted by Gasteiger charge is 2.37. The fourth-order valence-electron chi connectivity index (χ4n) is 11.6. The van der Waals surface area contributed by atoms with E-state index in [0.29, 0.717) is 5.92 Å². The van der Waals surface area contributed by atoms with E-state index in [-0.39, 0.29) is 5.41 Å². The summed E-state index contributed by atoms with van der Waals surface area (Å²) in [5.74, 6) is 0.571. The molecule has 12 rings (SSSR count). The Hall–Kier alpha value is -7.16. The van der Waals surface area contributed by atoms with Crippen molar-refractivity contribution in [1.82, 2.24) is 4.57 Å². The first-order valence-corrected chi connectivity index (χ1v) is 22.9. The highest BCUT2D eigenvalue weighted by Crippen LogP contribution is 2.53. The molecule has 304 valence electrons. The van der Waals surface area contributed by atoms with Gasteiger partial charge in [0.1, 0.15) is 0 Å².